The molecule has 0 aliphatic rings. The van der Waals surface area contributed by atoms with Crippen molar-refractivity contribution in [3.8, 4) is 0 Å². The van der Waals surface area contributed by atoms with Crippen molar-refractivity contribution in [2.24, 2.45) is 0 Å². The lowest BCUT2D eigenvalue weighted by molar-refractivity contribution is 0.0545. The maximum Gasteiger partial charge on any atom is 0.140 e. The van der Waals surface area contributed by atoms with Gasteiger partial charge in [-0.25, -0.2) is 4.68 Å². The van der Waals surface area contributed by atoms with Crippen LogP contribution in [0, 0.1) is 13.8 Å². The Labute approximate surface area is 107 Å². The van der Waals surface area contributed by atoms with Gasteiger partial charge in [0, 0.05) is 11.3 Å². The van der Waals surface area contributed by atoms with Gasteiger partial charge in [0.15, 0.2) is 0 Å². The number of nitrogens with zero attached hydrogens (tertiary/aromatic N) is 2. The van der Waals surface area contributed by atoms with Gasteiger partial charge in [-0.3, -0.25) is 0 Å². The molecule has 0 radical (unpaired) electrons. The van der Waals surface area contributed by atoms with E-state index in [2.05, 4.69) is 5.10 Å². The van der Waals surface area contributed by atoms with Crippen LogP contribution in [0.4, 0.5) is 0 Å². The summed E-state index contributed by atoms with van der Waals surface area (Å²) < 4.78 is 7.40. The summed E-state index contributed by atoms with van der Waals surface area (Å²) in [6.45, 7) is 4.83. The molecular weight excluding hydrogens is 228 g/mol. The van der Waals surface area contributed by atoms with E-state index in [4.69, 9.17) is 4.74 Å². The molecule has 0 spiro atoms. The summed E-state index contributed by atoms with van der Waals surface area (Å²) in [5.74, 6) is 0. The molecule has 0 atom stereocenters. The van der Waals surface area contributed by atoms with E-state index in [-0.39, 0.29) is 6.61 Å². The summed E-state index contributed by atoms with van der Waals surface area (Å²) in [6, 6.07) is 10.0. The number of ether oxygens (including phenoxy) is 1. The Bertz CT molecular complexity index is 506. The third-order valence-corrected chi connectivity index (χ3v) is 3.01. The Morgan fingerprint density at radius 2 is 1.94 bits per heavy atom. The highest BCUT2D eigenvalue weighted by atomic mass is 16.5. The van der Waals surface area contributed by atoms with E-state index in [9.17, 15) is 5.11 Å². The molecule has 0 unspecified atom stereocenters. The fourth-order valence-electron chi connectivity index (χ4n) is 1.91. The molecule has 2 rings (SSSR count). The molecule has 96 valence electrons. The first kappa shape index (κ1) is 12.8. The number of benzene rings is 1. The van der Waals surface area contributed by atoms with Crippen molar-refractivity contribution in [2.75, 3.05) is 0 Å². The molecule has 0 aliphatic carbocycles. The van der Waals surface area contributed by atoms with Crippen molar-refractivity contribution >= 4 is 0 Å². The normalized spacial score (nSPS) is 10.8. The van der Waals surface area contributed by atoms with E-state index in [1.807, 2.05) is 44.2 Å². The second-order valence-corrected chi connectivity index (χ2v) is 4.27. The molecular formula is C14H18N2O2. The summed E-state index contributed by atoms with van der Waals surface area (Å²) in [7, 11) is 0. The first-order chi connectivity index (χ1) is 8.72. The van der Waals surface area contributed by atoms with E-state index in [1.165, 1.54) is 0 Å². The molecule has 0 bridgehead atoms. The number of hydrogen-bond acceptors (Lipinski definition) is 3. The van der Waals surface area contributed by atoms with E-state index in [1.54, 1.807) is 4.68 Å². The second kappa shape index (κ2) is 5.80. The lowest BCUT2D eigenvalue weighted by atomic mass is 10.2. The molecule has 0 saturated carbocycles. The van der Waals surface area contributed by atoms with Crippen LogP contribution in [0.5, 0.6) is 0 Å². The highest BCUT2D eigenvalue weighted by Crippen LogP contribution is 2.13. The van der Waals surface area contributed by atoms with Gasteiger partial charge >= 0.3 is 0 Å². The SMILES string of the molecule is Cc1nn(COCc2ccccc2)c(C)c1CO. The summed E-state index contributed by atoms with van der Waals surface area (Å²) in [5.41, 5.74) is 3.85. The summed E-state index contributed by atoms with van der Waals surface area (Å²) in [4.78, 5) is 0. The van der Waals surface area contributed by atoms with Crippen LogP contribution in [0.1, 0.15) is 22.5 Å². The Morgan fingerprint density at radius 3 is 2.56 bits per heavy atom. The van der Waals surface area contributed by atoms with Crippen LogP contribution in [-0.4, -0.2) is 14.9 Å². The van der Waals surface area contributed by atoms with Crippen LogP contribution >= 0.6 is 0 Å². The van der Waals surface area contributed by atoms with Crippen molar-refractivity contribution < 1.29 is 9.84 Å². The number of aliphatic hydroxyl groups is 1. The molecule has 4 nitrogen and oxygen atoms in total. The van der Waals surface area contributed by atoms with E-state index >= 15 is 0 Å². The average molecular weight is 246 g/mol. The predicted octanol–water partition coefficient (Wildman–Crippen LogP) is 2.17. The highest BCUT2D eigenvalue weighted by Gasteiger charge is 2.09. The Kier molecular flexibility index (Phi) is 4.12. The molecule has 0 fully saturated rings. The molecule has 1 heterocycles. The molecule has 4 heteroatoms. The van der Waals surface area contributed by atoms with Gasteiger partial charge in [0.25, 0.3) is 0 Å². The van der Waals surface area contributed by atoms with Crippen LogP contribution in [0.3, 0.4) is 0 Å². The summed E-state index contributed by atoms with van der Waals surface area (Å²) >= 11 is 0. The molecule has 18 heavy (non-hydrogen) atoms. The minimum Gasteiger partial charge on any atom is -0.392 e. The van der Waals surface area contributed by atoms with Crippen LogP contribution in [-0.2, 0) is 24.7 Å². The van der Waals surface area contributed by atoms with Crippen LogP contribution in [0.25, 0.3) is 0 Å². The van der Waals surface area contributed by atoms with Crippen molar-refractivity contribution in [2.45, 2.75) is 33.8 Å². The number of aliphatic hydroxyl groups excluding tert-OH is 1. The standard InChI is InChI=1S/C14H18N2O2/c1-11-14(8-17)12(2)16(15-11)10-18-9-13-6-4-3-5-7-13/h3-7,17H,8-10H2,1-2H3. The van der Waals surface area contributed by atoms with Gasteiger partial charge in [-0.15, -0.1) is 0 Å². The zero-order chi connectivity index (χ0) is 13.0. The minimum atomic E-state index is 0.0242. The van der Waals surface area contributed by atoms with Gasteiger partial charge in [-0.2, -0.15) is 5.10 Å². The lowest BCUT2D eigenvalue weighted by Gasteiger charge is -2.06. The van der Waals surface area contributed by atoms with E-state index in [0.717, 1.165) is 22.5 Å². The molecule has 1 aromatic carbocycles. The Hall–Kier alpha value is -1.65. The number of aryl methyl sites for hydroxylation is 1. The van der Waals surface area contributed by atoms with E-state index < -0.39 is 0 Å². The zero-order valence-electron chi connectivity index (χ0n) is 10.8. The van der Waals surface area contributed by atoms with Gasteiger partial charge in [-0.1, -0.05) is 30.3 Å². The first-order valence-corrected chi connectivity index (χ1v) is 5.97. The lowest BCUT2D eigenvalue weighted by Crippen LogP contribution is -2.06. The van der Waals surface area contributed by atoms with Crippen molar-refractivity contribution in [1.82, 2.24) is 9.78 Å². The predicted molar refractivity (Wildman–Crippen MR) is 68.9 cm³/mol. The number of rotatable bonds is 5. The van der Waals surface area contributed by atoms with Crippen LogP contribution < -0.4 is 0 Å². The molecule has 1 N–H and O–H groups in total. The number of hydrogen-bond donors (Lipinski definition) is 1. The summed E-state index contributed by atoms with van der Waals surface area (Å²) in [6.07, 6.45) is 0. The van der Waals surface area contributed by atoms with Gasteiger partial charge in [-0.05, 0) is 19.4 Å². The monoisotopic (exact) mass is 246 g/mol. The van der Waals surface area contributed by atoms with Crippen molar-refractivity contribution in [3.05, 3.63) is 52.8 Å². The van der Waals surface area contributed by atoms with Gasteiger partial charge in [0.2, 0.25) is 0 Å². The quantitative estimate of drug-likeness (QED) is 0.879. The average Bonchev–Trinajstić information content (AvgIpc) is 2.65. The molecule has 0 saturated heterocycles. The second-order valence-electron chi connectivity index (χ2n) is 4.27. The number of aromatic nitrogens is 2. The fraction of sp³-hybridized carbons (Fsp3) is 0.357. The van der Waals surface area contributed by atoms with Crippen LogP contribution in [0.2, 0.25) is 0 Å². The maximum atomic E-state index is 9.22. The molecule has 1 aromatic heterocycles. The van der Waals surface area contributed by atoms with Gasteiger partial charge < -0.3 is 9.84 Å². The van der Waals surface area contributed by atoms with E-state index in [0.29, 0.717) is 13.3 Å². The summed E-state index contributed by atoms with van der Waals surface area (Å²) in [5, 5.41) is 13.6. The van der Waals surface area contributed by atoms with Crippen molar-refractivity contribution in [1.29, 1.82) is 0 Å². The third kappa shape index (κ3) is 2.78. The van der Waals surface area contributed by atoms with Gasteiger partial charge in [0.05, 0.1) is 18.9 Å². The Morgan fingerprint density at radius 1 is 1.22 bits per heavy atom. The highest BCUT2D eigenvalue weighted by molar-refractivity contribution is 5.23. The fourth-order valence-corrected chi connectivity index (χ4v) is 1.91. The molecule has 2 aromatic rings. The largest absolute Gasteiger partial charge is 0.392 e. The topological polar surface area (TPSA) is 47.3 Å². The van der Waals surface area contributed by atoms with Crippen LogP contribution in [0.15, 0.2) is 30.3 Å². The minimum absolute atomic E-state index is 0.0242. The smallest absolute Gasteiger partial charge is 0.140 e. The molecule has 0 amide bonds. The molecule has 0 aliphatic heterocycles. The van der Waals surface area contributed by atoms with Crippen molar-refractivity contribution in [3.63, 3.8) is 0 Å². The third-order valence-electron chi connectivity index (χ3n) is 3.01. The van der Waals surface area contributed by atoms with Gasteiger partial charge in [0.1, 0.15) is 6.73 Å². The Balaban J connectivity index is 1.95. The zero-order valence-corrected chi connectivity index (χ0v) is 10.8. The maximum absolute atomic E-state index is 9.22. The first-order valence-electron chi connectivity index (χ1n) is 5.97.